The molecule has 2 atom stereocenters. The molecular weight excluding hydrogens is 472 g/mol. The summed E-state index contributed by atoms with van der Waals surface area (Å²) in [6.07, 6.45) is 4.23. The van der Waals surface area contributed by atoms with E-state index < -0.39 is 16.9 Å². The van der Waals surface area contributed by atoms with Gasteiger partial charge in [-0.1, -0.05) is 0 Å². The van der Waals surface area contributed by atoms with Crippen molar-refractivity contribution < 1.29 is 29.1 Å². The van der Waals surface area contributed by atoms with Crippen LogP contribution in [0.5, 0.6) is 11.5 Å². The SMILES string of the molecule is CS(=O)c1cc(OCC(O)CNC2CCN(Cc3ccc(C(=O)NCCO)cn3)CC2)ccc1O. The van der Waals surface area contributed by atoms with Gasteiger partial charge in [-0.3, -0.25) is 18.9 Å². The zero-order valence-electron chi connectivity index (χ0n) is 19.9. The van der Waals surface area contributed by atoms with Gasteiger partial charge in [0.05, 0.1) is 33.6 Å². The molecule has 0 aliphatic carbocycles. The molecule has 35 heavy (non-hydrogen) atoms. The van der Waals surface area contributed by atoms with Crippen LogP contribution in [0.25, 0.3) is 0 Å². The standard InChI is InChI=1S/C24H34N4O6S/c1-35(33)23-12-21(4-5-22(23)31)34-16-20(30)14-27-18-6-9-28(10-7-18)15-19-3-2-17(13-26-19)24(32)25-8-11-29/h2-5,12-13,18,20,27,29-31H,6-11,14-16H2,1H3,(H,25,32). The molecule has 2 heterocycles. The number of benzene rings is 1. The molecule has 1 fully saturated rings. The molecule has 5 N–H and O–H groups in total. The normalized spacial score (nSPS) is 16.5. The van der Waals surface area contributed by atoms with Gasteiger partial charge in [-0.2, -0.15) is 0 Å². The lowest BCUT2D eigenvalue weighted by atomic mass is 10.0. The first-order valence-corrected chi connectivity index (χ1v) is 13.2. The molecule has 1 aromatic carbocycles. The topological polar surface area (TPSA) is 144 Å². The Hall–Kier alpha value is -2.57. The highest BCUT2D eigenvalue weighted by Crippen LogP contribution is 2.25. The van der Waals surface area contributed by atoms with Crippen molar-refractivity contribution >= 4 is 16.7 Å². The van der Waals surface area contributed by atoms with Crippen LogP contribution in [0.3, 0.4) is 0 Å². The van der Waals surface area contributed by atoms with E-state index in [9.17, 15) is 19.2 Å². The molecule has 11 heteroatoms. The van der Waals surface area contributed by atoms with Gasteiger partial charge in [0.25, 0.3) is 5.91 Å². The molecule has 1 saturated heterocycles. The minimum Gasteiger partial charge on any atom is -0.507 e. The fraction of sp³-hybridized carbons (Fsp3) is 0.500. The van der Waals surface area contributed by atoms with Gasteiger partial charge in [0.1, 0.15) is 24.2 Å². The second kappa shape index (κ2) is 13.5. The number of pyridine rings is 1. The molecule has 0 spiro atoms. The number of carbonyl (C=O) groups excluding carboxylic acids is 1. The Balaban J connectivity index is 1.35. The molecule has 10 nitrogen and oxygen atoms in total. The molecule has 1 aromatic heterocycles. The van der Waals surface area contributed by atoms with Crippen molar-refractivity contribution in [3.8, 4) is 11.5 Å². The molecule has 2 aromatic rings. The Kier molecular flexibility index (Phi) is 10.4. The Morgan fingerprint density at radius 2 is 2.06 bits per heavy atom. The molecule has 3 rings (SSSR count). The minimum atomic E-state index is -1.33. The van der Waals surface area contributed by atoms with E-state index in [1.54, 1.807) is 18.3 Å². The van der Waals surface area contributed by atoms with Crippen LogP contribution in [0.1, 0.15) is 28.9 Å². The van der Waals surface area contributed by atoms with E-state index in [1.165, 1.54) is 18.4 Å². The lowest BCUT2D eigenvalue weighted by Gasteiger charge is -2.32. The van der Waals surface area contributed by atoms with E-state index in [1.807, 2.05) is 6.07 Å². The van der Waals surface area contributed by atoms with Crippen molar-refractivity contribution in [3.63, 3.8) is 0 Å². The van der Waals surface area contributed by atoms with Gasteiger partial charge >= 0.3 is 0 Å². The number of carbonyl (C=O) groups is 1. The predicted molar refractivity (Wildman–Crippen MR) is 132 cm³/mol. The van der Waals surface area contributed by atoms with Crippen molar-refractivity contribution in [1.29, 1.82) is 0 Å². The molecule has 0 radical (unpaired) electrons. The lowest BCUT2D eigenvalue weighted by molar-refractivity contribution is 0.0944. The van der Waals surface area contributed by atoms with E-state index in [0.29, 0.717) is 35.3 Å². The third kappa shape index (κ3) is 8.55. The van der Waals surface area contributed by atoms with Crippen LogP contribution in [0.4, 0.5) is 0 Å². The molecule has 0 bridgehead atoms. The van der Waals surface area contributed by atoms with Gasteiger partial charge in [0.2, 0.25) is 0 Å². The van der Waals surface area contributed by atoms with Gasteiger partial charge in [-0.25, -0.2) is 0 Å². The summed E-state index contributed by atoms with van der Waals surface area (Å²) in [4.78, 5) is 18.9. The maximum atomic E-state index is 11.9. The second-order valence-electron chi connectivity index (χ2n) is 8.52. The van der Waals surface area contributed by atoms with Gasteiger partial charge < -0.3 is 30.7 Å². The average Bonchev–Trinajstić information content (AvgIpc) is 2.86. The molecule has 0 saturated carbocycles. The van der Waals surface area contributed by atoms with Crippen LogP contribution in [-0.4, -0.2) is 93.1 Å². The van der Waals surface area contributed by atoms with Gasteiger partial charge in [-0.05, 0) is 43.2 Å². The maximum absolute atomic E-state index is 11.9. The highest BCUT2D eigenvalue weighted by atomic mass is 32.2. The first kappa shape index (κ1) is 27.0. The van der Waals surface area contributed by atoms with Crippen LogP contribution < -0.4 is 15.4 Å². The summed E-state index contributed by atoms with van der Waals surface area (Å²) in [5.74, 6) is 0.164. The van der Waals surface area contributed by atoms with E-state index in [4.69, 9.17) is 9.84 Å². The smallest absolute Gasteiger partial charge is 0.252 e. The van der Waals surface area contributed by atoms with Crippen molar-refractivity contribution in [3.05, 3.63) is 47.8 Å². The van der Waals surface area contributed by atoms with Crippen LogP contribution in [0.2, 0.25) is 0 Å². The molecule has 1 aliphatic heterocycles. The van der Waals surface area contributed by atoms with Gasteiger partial charge in [0, 0.05) is 51.2 Å². The van der Waals surface area contributed by atoms with E-state index >= 15 is 0 Å². The summed E-state index contributed by atoms with van der Waals surface area (Å²) in [5, 5.41) is 34.8. The average molecular weight is 507 g/mol. The second-order valence-corrected chi connectivity index (χ2v) is 9.87. The van der Waals surface area contributed by atoms with Crippen LogP contribution in [-0.2, 0) is 17.3 Å². The number of hydrogen-bond donors (Lipinski definition) is 5. The number of phenolic OH excluding ortho intramolecular Hbond substituents is 1. The van der Waals surface area contributed by atoms with Crippen LogP contribution >= 0.6 is 0 Å². The molecule has 2 unspecified atom stereocenters. The number of phenols is 1. The summed E-state index contributed by atoms with van der Waals surface area (Å²) in [6, 6.07) is 8.43. The van der Waals surface area contributed by atoms with Crippen molar-refractivity contribution in [2.45, 2.75) is 36.4 Å². The Morgan fingerprint density at radius 3 is 2.71 bits per heavy atom. The van der Waals surface area contributed by atoms with Crippen molar-refractivity contribution in [2.75, 3.05) is 45.6 Å². The summed E-state index contributed by atoms with van der Waals surface area (Å²) in [6.45, 7) is 3.11. The van der Waals surface area contributed by atoms with Crippen molar-refractivity contribution in [2.24, 2.45) is 0 Å². The Labute approximate surface area is 207 Å². The largest absolute Gasteiger partial charge is 0.507 e. The van der Waals surface area contributed by atoms with Gasteiger partial charge in [-0.15, -0.1) is 0 Å². The number of aliphatic hydroxyl groups excluding tert-OH is 2. The predicted octanol–water partition coefficient (Wildman–Crippen LogP) is 0.241. The molecule has 192 valence electrons. The molecule has 1 amide bonds. The first-order valence-electron chi connectivity index (χ1n) is 11.6. The lowest BCUT2D eigenvalue weighted by Crippen LogP contribution is -2.45. The number of amides is 1. The fourth-order valence-electron chi connectivity index (χ4n) is 3.82. The minimum absolute atomic E-state index is 0.0406. The highest BCUT2D eigenvalue weighted by Gasteiger charge is 2.20. The third-order valence-electron chi connectivity index (χ3n) is 5.78. The van der Waals surface area contributed by atoms with E-state index in [-0.39, 0.29) is 31.4 Å². The number of aromatic hydroxyl groups is 1. The van der Waals surface area contributed by atoms with E-state index in [2.05, 4.69) is 20.5 Å². The monoisotopic (exact) mass is 506 g/mol. The summed E-state index contributed by atoms with van der Waals surface area (Å²) >= 11 is 0. The number of ether oxygens (including phenoxy) is 1. The number of likely N-dealkylation sites (tertiary alicyclic amines) is 1. The number of aromatic nitrogens is 1. The number of nitrogens with zero attached hydrogens (tertiary/aromatic N) is 2. The van der Waals surface area contributed by atoms with Crippen LogP contribution in [0, 0.1) is 0 Å². The van der Waals surface area contributed by atoms with Crippen LogP contribution in [0.15, 0.2) is 41.4 Å². The Morgan fingerprint density at radius 1 is 1.29 bits per heavy atom. The molecular formula is C24H34N4O6S. The number of aliphatic hydroxyl groups is 2. The highest BCUT2D eigenvalue weighted by molar-refractivity contribution is 7.84. The zero-order valence-corrected chi connectivity index (χ0v) is 20.7. The maximum Gasteiger partial charge on any atom is 0.252 e. The summed E-state index contributed by atoms with van der Waals surface area (Å²) in [5.41, 5.74) is 1.37. The summed E-state index contributed by atoms with van der Waals surface area (Å²) in [7, 11) is -1.33. The fourth-order valence-corrected chi connectivity index (χ4v) is 4.46. The Bertz CT molecular complexity index is 982. The molecule has 1 aliphatic rings. The van der Waals surface area contributed by atoms with E-state index in [0.717, 1.165) is 31.6 Å². The first-order chi connectivity index (χ1) is 16.9. The zero-order chi connectivity index (χ0) is 25.2. The number of rotatable bonds is 12. The summed E-state index contributed by atoms with van der Waals surface area (Å²) < 4.78 is 17.2. The quantitative estimate of drug-likeness (QED) is 0.273. The number of piperidine rings is 1. The third-order valence-corrected chi connectivity index (χ3v) is 6.73. The van der Waals surface area contributed by atoms with Crippen molar-refractivity contribution in [1.82, 2.24) is 20.5 Å². The van der Waals surface area contributed by atoms with Gasteiger partial charge in [0.15, 0.2) is 0 Å². The number of nitrogens with one attached hydrogen (secondary N) is 2. The number of hydrogen-bond acceptors (Lipinski definition) is 9.